The van der Waals surface area contributed by atoms with Crippen LogP contribution in [0.25, 0.3) is 11.0 Å². The molecule has 0 radical (unpaired) electrons. The van der Waals surface area contributed by atoms with Gasteiger partial charge in [-0.3, -0.25) is 9.59 Å². The molecule has 2 aromatic heterocycles. The number of hydrogen-bond donors (Lipinski definition) is 1. The summed E-state index contributed by atoms with van der Waals surface area (Å²) < 4.78 is 11.2. The summed E-state index contributed by atoms with van der Waals surface area (Å²) in [5, 5.41) is 5.74. The summed E-state index contributed by atoms with van der Waals surface area (Å²) in [5.41, 5.74) is 3.51. The molecule has 1 aliphatic heterocycles. The zero-order valence-corrected chi connectivity index (χ0v) is 20.1. The third-order valence-corrected chi connectivity index (χ3v) is 7.57. The Bertz CT molecular complexity index is 1430. The summed E-state index contributed by atoms with van der Waals surface area (Å²) in [4.78, 5) is 41.5. The first-order chi connectivity index (χ1) is 16.4. The van der Waals surface area contributed by atoms with Crippen LogP contribution in [0.5, 0.6) is 0 Å². The van der Waals surface area contributed by atoms with Gasteiger partial charge in [-0.05, 0) is 50.8 Å². The number of dihydropyridines is 1. The Morgan fingerprint density at radius 1 is 1.21 bits per heavy atom. The third-order valence-electron chi connectivity index (χ3n) is 6.53. The Kier molecular flexibility index (Phi) is 5.73. The molecule has 1 aromatic carbocycles. The predicted molar refractivity (Wildman–Crippen MR) is 131 cm³/mol. The first-order valence-electron chi connectivity index (χ1n) is 11.4. The van der Waals surface area contributed by atoms with Crippen molar-refractivity contribution in [3.05, 3.63) is 90.7 Å². The van der Waals surface area contributed by atoms with Gasteiger partial charge in [-0.2, -0.15) is 0 Å². The molecule has 3 aromatic rings. The second-order valence-corrected chi connectivity index (χ2v) is 9.75. The zero-order chi connectivity index (χ0) is 24.0. The molecular formula is C27H25NO5S. The van der Waals surface area contributed by atoms with Crippen LogP contribution < -0.4 is 10.7 Å². The van der Waals surface area contributed by atoms with E-state index >= 15 is 0 Å². The first kappa shape index (κ1) is 22.3. The van der Waals surface area contributed by atoms with E-state index in [1.807, 2.05) is 30.5 Å². The molecular weight excluding hydrogens is 450 g/mol. The average Bonchev–Trinajstić information content (AvgIpc) is 3.34. The quantitative estimate of drug-likeness (QED) is 0.529. The summed E-state index contributed by atoms with van der Waals surface area (Å²) in [6.07, 6.45) is 2.35. The molecule has 3 heterocycles. The lowest BCUT2D eigenvalue weighted by molar-refractivity contribution is -0.138. The SMILES string of the molecule is CCOC(=O)C1=C(C)NC2=C(C(=O)CC(c3cccs3)C2)C1c1coc2ccc(C)cc2c1=O. The van der Waals surface area contributed by atoms with Crippen LogP contribution in [0.4, 0.5) is 0 Å². The highest BCUT2D eigenvalue weighted by atomic mass is 32.1. The van der Waals surface area contributed by atoms with Crippen LogP contribution in [-0.4, -0.2) is 18.4 Å². The van der Waals surface area contributed by atoms with Gasteiger partial charge in [0.05, 0.1) is 29.7 Å². The number of ketones is 1. The van der Waals surface area contributed by atoms with Gasteiger partial charge in [-0.1, -0.05) is 17.7 Å². The molecule has 2 unspecified atom stereocenters. The lowest BCUT2D eigenvalue weighted by Crippen LogP contribution is -2.37. The predicted octanol–water partition coefficient (Wildman–Crippen LogP) is 5.09. The van der Waals surface area contributed by atoms with Crippen molar-refractivity contribution in [1.29, 1.82) is 0 Å². The van der Waals surface area contributed by atoms with Gasteiger partial charge in [0.2, 0.25) is 0 Å². The number of Topliss-reactive ketones (excluding diaryl/α,β-unsaturated/α-hetero) is 1. The Hall–Kier alpha value is -3.45. The zero-order valence-electron chi connectivity index (χ0n) is 19.3. The normalized spacial score (nSPS) is 20.4. The van der Waals surface area contributed by atoms with Crippen molar-refractivity contribution < 1.29 is 18.7 Å². The standard InChI is InChI=1S/C27H25NO5S/c1-4-32-27(31)23-15(3)28-19-11-16(22-6-5-9-34-22)12-20(29)25(19)24(23)18-13-33-21-8-7-14(2)10-17(21)26(18)30/h5-10,13,16,24,28H,4,11-12H2,1-3H3. The first-order valence-corrected chi connectivity index (χ1v) is 12.2. The fourth-order valence-electron chi connectivity index (χ4n) is 5.01. The topological polar surface area (TPSA) is 85.6 Å². The maximum absolute atomic E-state index is 13.7. The number of nitrogens with one attached hydrogen (secondary N) is 1. The van der Waals surface area contributed by atoms with E-state index in [4.69, 9.17) is 9.15 Å². The molecule has 0 amide bonds. The van der Waals surface area contributed by atoms with E-state index in [0.717, 1.165) is 16.1 Å². The van der Waals surface area contributed by atoms with Crippen LogP contribution in [0.2, 0.25) is 0 Å². The fraction of sp³-hybridized carbons (Fsp3) is 0.296. The number of hydrogen-bond acceptors (Lipinski definition) is 7. The van der Waals surface area contributed by atoms with Gasteiger partial charge in [-0.15, -0.1) is 11.3 Å². The maximum Gasteiger partial charge on any atom is 0.336 e. The second-order valence-electron chi connectivity index (χ2n) is 8.77. The van der Waals surface area contributed by atoms with Crippen molar-refractivity contribution in [1.82, 2.24) is 5.32 Å². The lowest BCUT2D eigenvalue weighted by atomic mass is 9.73. The highest BCUT2D eigenvalue weighted by molar-refractivity contribution is 7.10. The largest absolute Gasteiger partial charge is 0.464 e. The summed E-state index contributed by atoms with van der Waals surface area (Å²) in [6, 6.07) is 9.43. The Labute approximate surface area is 200 Å². The molecule has 2 atom stereocenters. The van der Waals surface area contributed by atoms with E-state index in [1.54, 1.807) is 37.3 Å². The molecule has 0 bridgehead atoms. The van der Waals surface area contributed by atoms with Gasteiger partial charge in [0.15, 0.2) is 11.2 Å². The highest BCUT2D eigenvalue weighted by Crippen LogP contribution is 2.45. The number of rotatable bonds is 4. The van der Waals surface area contributed by atoms with Crippen molar-refractivity contribution in [3.63, 3.8) is 0 Å². The number of esters is 1. The monoisotopic (exact) mass is 475 g/mol. The van der Waals surface area contributed by atoms with Crippen molar-refractivity contribution in [3.8, 4) is 0 Å². The van der Waals surface area contributed by atoms with E-state index < -0.39 is 11.9 Å². The molecule has 0 fully saturated rings. The van der Waals surface area contributed by atoms with Crippen molar-refractivity contribution in [2.24, 2.45) is 0 Å². The van der Waals surface area contributed by atoms with Gasteiger partial charge in [0.25, 0.3) is 0 Å². The second kappa shape index (κ2) is 8.72. The summed E-state index contributed by atoms with van der Waals surface area (Å²) in [7, 11) is 0. The van der Waals surface area contributed by atoms with Crippen LogP contribution in [0, 0.1) is 6.92 Å². The van der Waals surface area contributed by atoms with Crippen LogP contribution in [0.1, 0.15) is 54.5 Å². The average molecular weight is 476 g/mol. The van der Waals surface area contributed by atoms with Crippen molar-refractivity contribution in [2.45, 2.75) is 45.4 Å². The number of carbonyl (C=O) groups excluding carboxylic acids is 2. The smallest absolute Gasteiger partial charge is 0.336 e. The minimum Gasteiger partial charge on any atom is -0.464 e. The number of fused-ring (bicyclic) bond motifs is 1. The number of thiophene rings is 1. The van der Waals surface area contributed by atoms with Crippen LogP contribution >= 0.6 is 11.3 Å². The molecule has 6 nitrogen and oxygen atoms in total. The van der Waals surface area contributed by atoms with Gasteiger partial charge < -0.3 is 14.5 Å². The number of ether oxygens (including phenoxy) is 1. The molecule has 0 saturated carbocycles. The molecule has 5 rings (SSSR count). The molecule has 2 aliphatic rings. The van der Waals surface area contributed by atoms with E-state index in [1.165, 1.54) is 6.26 Å². The van der Waals surface area contributed by atoms with Gasteiger partial charge >= 0.3 is 5.97 Å². The molecule has 0 saturated heterocycles. The number of carbonyl (C=O) groups is 2. The molecule has 0 spiro atoms. The number of allylic oxidation sites excluding steroid dienone is 3. The van der Waals surface area contributed by atoms with E-state index in [2.05, 4.69) is 5.32 Å². The molecule has 174 valence electrons. The Morgan fingerprint density at radius 2 is 2.03 bits per heavy atom. The van der Waals surface area contributed by atoms with Crippen LogP contribution in [0.3, 0.4) is 0 Å². The minimum atomic E-state index is -0.840. The van der Waals surface area contributed by atoms with Gasteiger partial charge in [-0.25, -0.2) is 4.79 Å². The summed E-state index contributed by atoms with van der Waals surface area (Å²) in [5.74, 6) is -1.39. The van der Waals surface area contributed by atoms with E-state index in [9.17, 15) is 14.4 Å². The minimum absolute atomic E-state index is 0.0620. The van der Waals surface area contributed by atoms with Crippen molar-refractivity contribution in [2.75, 3.05) is 6.61 Å². The van der Waals surface area contributed by atoms with Crippen molar-refractivity contribution >= 4 is 34.1 Å². The van der Waals surface area contributed by atoms with Crippen LogP contribution in [-0.2, 0) is 14.3 Å². The Morgan fingerprint density at radius 3 is 2.76 bits per heavy atom. The summed E-state index contributed by atoms with van der Waals surface area (Å²) in [6.45, 7) is 5.61. The Balaban J connectivity index is 1.70. The molecule has 34 heavy (non-hydrogen) atoms. The molecule has 1 N–H and O–H groups in total. The lowest BCUT2D eigenvalue weighted by Gasteiger charge is -2.36. The maximum atomic E-state index is 13.7. The number of benzene rings is 1. The number of aryl methyl sites for hydroxylation is 1. The van der Waals surface area contributed by atoms with Gasteiger partial charge in [0.1, 0.15) is 5.58 Å². The highest BCUT2D eigenvalue weighted by Gasteiger charge is 2.42. The molecule has 7 heteroatoms. The van der Waals surface area contributed by atoms with Crippen LogP contribution in [0.15, 0.2) is 73.7 Å². The summed E-state index contributed by atoms with van der Waals surface area (Å²) >= 11 is 1.63. The van der Waals surface area contributed by atoms with E-state index in [0.29, 0.717) is 35.1 Å². The molecule has 1 aliphatic carbocycles. The van der Waals surface area contributed by atoms with E-state index in [-0.39, 0.29) is 34.9 Å². The fourth-order valence-corrected chi connectivity index (χ4v) is 5.84. The van der Waals surface area contributed by atoms with Gasteiger partial charge in [0, 0.05) is 39.7 Å². The third kappa shape index (κ3) is 3.70.